The third-order valence-corrected chi connectivity index (χ3v) is 3.23. The lowest BCUT2D eigenvalue weighted by atomic mass is 10.2. The maximum Gasteiger partial charge on any atom is 0.0717 e. The minimum Gasteiger partial charge on any atom is -0.399 e. The highest BCUT2D eigenvalue weighted by Crippen LogP contribution is 2.10. The van der Waals surface area contributed by atoms with Crippen molar-refractivity contribution >= 4 is 17.0 Å². The summed E-state index contributed by atoms with van der Waals surface area (Å²) in [6.45, 7) is 1.39. The van der Waals surface area contributed by atoms with Gasteiger partial charge in [0.15, 0.2) is 0 Å². The van der Waals surface area contributed by atoms with E-state index in [1.807, 2.05) is 24.3 Å². The molecule has 2 rings (SSSR count). The fourth-order valence-electron chi connectivity index (χ4n) is 1.50. The van der Waals surface area contributed by atoms with Crippen molar-refractivity contribution in [3.63, 3.8) is 0 Å². The Kier molecular flexibility index (Phi) is 3.97. The van der Waals surface area contributed by atoms with Gasteiger partial charge in [0, 0.05) is 17.0 Å². The Hall–Kier alpha value is -1.32. The molecule has 2 nitrogen and oxygen atoms in total. The summed E-state index contributed by atoms with van der Waals surface area (Å²) in [5.74, 6) is 0. The van der Waals surface area contributed by atoms with E-state index < -0.39 is 0 Å². The molecule has 0 saturated heterocycles. The third kappa shape index (κ3) is 3.36. The summed E-state index contributed by atoms with van der Waals surface area (Å²) in [5, 5.41) is 2.09. The van der Waals surface area contributed by atoms with Crippen LogP contribution in [0.4, 0.5) is 5.69 Å². The smallest absolute Gasteiger partial charge is 0.0717 e. The van der Waals surface area contributed by atoms with Gasteiger partial charge in [0.1, 0.15) is 0 Å². The Morgan fingerprint density at radius 3 is 2.88 bits per heavy atom. The minimum absolute atomic E-state index is 0.635. The highest BCUT2D eigenvalue weighted by atomic mass is 32.1. The summed E-state index contributed by atoms with van der Waals surface area (Å²) >= 11 is 1.77. The molecule has 0 aliphatic heterocycles. The fraction of sp³-hybridized carbons (Fsp3) is 0.231. The van der Waals surface area contributed by atoms with E-state index >= 15 is 0 Å². The van der Waals surface area contributed by atoms with E-state index in [0.29, 0.717) is 6.61 Å². The summed E-state index contributed by atoms with van der Waals surface area (Å²) < 4.78 is 5.60. The van der Waals surface area contributed by atoms with Gasteiger partial charge in [0.05, 0.1) is 13.2 Å². The first-order valence-electron chi connectivity index (χ1n) is 5.29. The van der Waals surface area contributed by atoms with Crippen LogP contribution in [0.2, 0.25) is 0 Å². The largest absolute Gasteiger partial charge is 0.399 e. The van der Waals surface area contributed by atoms with Gasteiger partial charge in [-0.25, -0.2) is 0 Å². The second-order valence-electron chi connectivity index (χ2n) is 3.63. The van der Waals surface area contributed by atoms with Crippen LogP contribution in [0, 0.1) is 0 Å². The lowest BCUT2D eigenvalue weighted by Crippen LogP contribution is -1.98. The van der Waals surface area contributed by atoms with Crippen LogP contribution in [0.5, 0.6) is 0 Å². The first-order valence-corrected chi connectivity index (χ1v) is 6.17. The van der Waals surface area contributed by atoms with E-state index in [9.17, 15) is 0 Å². The van der Waals surface area contributed by atoms with Crippen LogP contribution >= 0.6 is 11.3 Å². The van der Waals surface area contributed by atoms with Gasteiger partial charge in [0.2, 0.25) is 0 Å². The molecule has 0 radical (unpaired) electrons. The standard InChI is InChI=1S/C13H15NOS/c14-12-4-1-3-11(9-12)10-15-7-6-13-5-2-8-16-13/h1-5,8-9H,6-7,10,14H2. The molecule has 1 aromatic carbocycles. The molecule has 16 heavy (non-hydrogen) atoms. The molecule has 0 fully saturated rings. The van der Waals surface area contributed by atoms with E-state index in [1.165, 1.54) is 4.88 Å². The number of rotatable bonds is 5. The Bertz CT molecular complexity index is 425. The van der Waals surface area contributed by atoms with Crippen LogP contribution in [-0.2, 0) is 17.8 Å². The van der Waals surface area contributed by atoms with Crippen LogP contribution in [0.1, 0.15) is 10.4 Å². The van der Waals surface area contributed by atoms with E-state index in [4.69, 9.17) is 10.5 Å². The summed E-state index contributed by atoms with van der Waals surface area (Å²) in [6, 6.07) is 12.0. The van der Waals surface area contributed by atoms with Crippen molar-refractivity contribution in [3.05, 3.63) is 52.2 Å². The highest BCUT2D eigenvalue weighted by Gasteiger charge is 1.96. The molecule has 1 aromatic heterocycles. The van der Waals surface area contributed by atoms with Gasteiger partial charge in [0.25, 0.3) is 0 Å². The minimum atomic E-state index is 0.635. The van der Waals surface area contributed by atoms with Gasteiger partial charge in [-0.15, -0.1) is 11.3 Å². The predicted molar refractivity (Wildman–Crippen MR) is 68.5 cm³/mol. The molecule has 1 heterocycles. The van der Waals surface area contributed by atoms with Gasteiger partial charge in [-0.1, -0.05) is 18.2 Å². The zero-order valence-corrected chi connectivity index (χ0v) is 9.87. The predicted octanol–water partition coefficient (Wildman–Crippen LogP) is 3.09. The van der Waals surface area contributed by atoms with Crippen LogP contribution in [-0.4, -0.2) is 6.61 Å². The number of nitrogens with two attached hydrogens (primary N) is 1. The third-order valence-electron chi connectivity index (χ3n) is 2.29. The van der Waals surface area contributed by atoms with Crippen molar-refractivity contribution in [2.45, 2.75) is 13.0 Å². The number of anilines is 1. The summed E-state index contributed by atoms with van der Waals surface area (Å²) in [7, 11) is 0. The van der Waals surface area contributed by atoms with E-state index in [1.54, 1.807) is 11.3 Å². The van der Waals surface area contributed by atoms with Crippen molar-refractivity contribution in [2.24, 2.45) is 0 Å². The zero-order valence-electron chi connectivity index (χ0n) is 9.06. The van der Waals surface area contributed by atoms with Crippen molar-refractivity contribution in [1.29, 1.82) is 0 Å². The summed E-state index contributed by atoms with van der Waals surface area (Å²) in [5.41, 5.74) is 7.61. The second kappa shape index (κ2) is 5.68. The molecule has 3 heteroatoms. The number of thiophene rings is 1. The van der Waals surface area contributed by atoms with Crippen LogP contribution < -0.4 is 5.73 Å². The Morgan fingerprint density at radius 2 is 2.12 bits per heavy atom. The Labute approximate surface area is 99.7 Å². The molecular weight excluding hydrogens is 218 g/mol. The van der Waals surface area contributed by atoms with Crippen molar-refractivity contribution < 1.29 is 4.74 Å². The van der Waals surface area contributed by atoms with Crippen molar-refractivity contribution in [1.82, 2.24) is 0 Å². The summed E-state index contributed by atoms with van der Waals surface area (Å²) in [4.78, 5) is 1.37. The lowest BCUT2D eigenvalue weighted by Gasteiger charge is -2.04. The molecule has 2 N–H and O–H groups in total. The average Bonchev–Trinajstić information content (AvgIpc) is 2.77. The number of hydrogen-bond acceptors (Lipinski definition) is 3. The van der Waals surface area contributed by atoms with E-state index in [2.05, 4.69) is 17.5 Å². The first-order chi connectivity index (χ1) is 7.84. The highest BCUT2D eigenvalue weighted by molar-refractivity contribution is 7.09. The number of nitrogen functional groups attached to an aromatic ring is 1. The molecule has 0 aliphatic carbocycles. The van der Waals surface area contributed by atoms with Crippen molar-refractivity contribution in [3.8, 4) is 0 Å². The maximum atomic E-state index is 5.69. The molecule has 0 bridgehead atoms. The molecule has 84 valence electrons. The fourth-order valence-corrected chi connectivity index (χ4v) is 2.19. The number of hydrogen-bond donors (Lipinski definition) is 1. The Balaban J connectivity index is 1.72. The topological polar surface area (TPSA) is 35.2 Å². The summed E-state index contributed by atoms with van der Waals surface area (Å²) in [6.07, 6.45) is 0.986. The Morgan fingerprint density at radius 1 is 1.19 bits per heavy atom. The van der Waals surface area contributed by atoms with Gasteiger partial charge in [-0.2, -0.15) is 0 Å². The molecule has 2 aromatic rings. The molecule has 0 atom stereocenters. The molecule has 0 amide bonds. The molecular formula is C13H15NOS. The van der Waals surface area contributed by atoms with E-state index in [-0.39, 0.29) is 0 Å². The van der Waals surface area contributed by atoms with Gasteiger partial charge >= 0.3 is 0 Å². The number of benzene rings is 1. The van der Waals surface area contributed by atoms with Crippen LogP contribution in [0.15, 0.2) is 41.8 Å². The van der Waals surface area contributed by atoms with Crippen molar-refractivity contribution in [2.75, 3.05) is 12.3 Å². The van der Waals surface area contributed by atoms with Crippen LogP contribution in [0.3, 0.4) is 0 Å². The SMILES string of the molecule is Nc1cccc(COCCc2cccs2)c1. The lowest BCUT2D eigenvalue weighted by molar-refractivity contribution is 0.124. The average molecular weight is 233 g/mol. The normalized spacial score (nSPS) is 10.5. The molecule has 0 saturated carbocycles. The molecule has 0 aliphatic rings. The molecule has 0 unspecified atom stereocenters. The second-order valence-corrected chi connectivity index (χ2v) is 4.66. The van der Waals surface area contributed by atoms with Gasteiger partial charge < -0.3 is 10.5 Å². The van der Waals surface area contributed by atoms with Gasteiger partial charge in [-0.3, -0.25) is 0 Å². The van der Waals surface area contributed by atoms with E-state index in [0.717, 1.165) is 24.3 Å². The maximum absolute atomic E-state index is 5.69. The number of ether oxygens (including phenoxy) is 1. The van der Waals surface area contributed by atoms with Crippen LogP contribution in [0.25, 0.3) is 0 Å². The van der Waals surface area contributed by atoms with Gasteiger partial charge in [-0.05, 0) is 29.1 Å². The monoisotopic (exact) mass is 233 g/mol. The first kappa shape index (κ1) is 11.2. The zero-order chi connectivity index (χ0) is 11.2. The molecule has 0 spiro atoms. The quantitative estimate of drug-likeness (QED) is 0.636.